The number of carbonyl (C=O) groups is 1. The molecule has 1 heterocycles. The Morgan fingerprint density at radius 2 is 2.26 bits per heavy atom. The van der Waals surface area contributed by atoms with Gasteiger partial charge in [0.25, 0.3) is 0 Å². The molecule has 0 aliphatic rings. The van der Waals surface area contributed by atoms with Crippen LogP contribution < -0.4 is 0 Å². The van der Waals surface area contributed by atoms with Gasteiger partial charge in [0.15, 0.2) is 5.82 Å². The van der Waals surface area contributed by atoms with Crippen LogP contribution in [0.2, 0.25) is 0 Å². The van der Waals surface area contributed by atoms with Crippen molar-refractivity contribution in [1.29, 1.82) is 0 Å². The van der Waals surface area contributed by atoms with Gasteiger partial charge < -0.3 is 5.11 Å². The Morgan fingerprint density at radius 3 is 3.00 bits per heavy atom. The zero-order valence-electron chi connectivity index (χ0n) is 9.75. The van der Waals surface area contributed by atoms with Crippen molar-refractivity contribution in [3.8, 4) is 11.4 Å². The molecule has 1 aromatic heterocycles. The Kier molecular flexibility index (Phi) is 4.20. The summed E-state index contributed by atoms with van der Waals surface area (Å²) in [5.41, 5.74) is 0.528. The van der Waals surface area contributed by atoms with Gasteiger partial charge in [0, 0.05) is 23.0 Å². The smallest absolute Gasteiger partial charge is 0.303 e. The van der Waals surface area contributed by atoms with Gasteiger partial charge in [0.05, 0.1) is 0 Å². The number of aromatic nitrogens is 4. The monoisotopic (exact) mass is 328 g/mol. The summed E-state index contributed by atoms with van der Waals surface area (Å²) in [5, 5.41) is 19.8. The SMILES string of the molecule is O=C(O)CCCn1nnnc1-c1cc(F)ccc1Br. The molecule has 0 saturated carbocycles. The predicted molar refractivity (Wildman–Crippen MR) is 67.8 cm³/mol. The number of nitrogens with zero attached hydrogens (tertiary/aromatic N) is 4. The summed E-state index contributed by atoms with van der Waals surface area (Å²) >= 11 is 3.31. The van der Waals surface area contributed by atoms with Gasteiger partial charge in [-0.15, -0.1) is 5.10 Å². The highest BCUT2D eigenvalue weighted by Crippen LogP contribution is 2.27. The summed E-state index contributed by atoms with van der Waals surface area (Å²) in [7, 11) is 0. The van der Waals surface area contributed by atoms with Gasteiger partial charge in [-0.25, -0.2) is 9.07 Å². The van der Waals surface area contributed by atoms with Crippen LogP contribution in [0.3, 0.4) is 0 Å². The van der Waals surface area contributed by atoms with E-state index in [2.05, 4.69) is 31.5 Å². The second-order valence-electron chi connectivity index (χ2n) is 3.85. The molecule has 0 aliphatic heterocycles. The lowest BCUT2D eigenvalue weighted by molar-refractivity contribution is -0.137. The van der Waals surface area contributed by atoms with Gasteiger partial charge in [-0.1, -0.05) is 15.9 Å². The molecule has 1 N–H and O–H groups in total. The van der Waals surface area contributed by atoms with Gasteiger partial charge in [0.1, 0.15) is 5.82 Å². The van der Waals surface area contributed by atoms with Crippen LogP contribution in [0.4, 0.5) is 4.39 Å². The Hall–Kier alpha value is -1.83. The summed E-state index contributed by atoms with van der Waals surface area (Å²) in [6.07, 6.45) is 0.434. The number of rotatable bonds is 5. The molecule has 8 heteroatoms. The standard InChI is InChI=1S/C11H10BrFN4O2/c12-9-4-3-7(13)6-8(9)11-14-15-16-17(11)5-1-2-10(18)19/h3-4,6H,1-2,5H2,(H,18,19). The number of benzene rings is 1. The predicted octanol–water partition coefficient (Wildman–Crippen LogP) is 2.11. The minimum atomic E-state index is -0.874. The maximum atomic E-state index is 13.3. The van der Waals surface area contributed by atoms with Crippen LogP contribution in [0.1, 0.15) is 12.8 Å². The van der Waals surface area contributed by atoms with Gasteiger partial charge >= 0.3 is 5.97 Å². The molecule has 0 radical (unpaired) electrons. The van der Waals surface area contributed by atoms with E-state index in [0.717, 1.165) is 0 Å². The van der Waals surface area contributed by atoms with Gasteiger partial charge in [-0.2, -0.15) is 0 Å². The molecule has 0 saturated heterocycles. The van der Waals surface area contributed by atoms with Crippen LogP contribution in [-0.2, 0) is 11.3 Å². The van der Waals surface area contributed by atoms with Crippen molar-refractivity contribution in [2.45, 2.75) is 19.4 Å². The molecular formula is C11H10BrFN4O2. The first-order valence-corrected chi connectivity index (χ1v) is 6.30. The molecule has 0 bridgehead atoms. The van der Waals surface area contributed by atoms with Crippen molar-refractivity contribution in [1.82, 2.24) is 20.2 Å². The molecule has 0 fully saturated rings. The third-order valence-electron chi connectivity index (χ3n) is 2.46. The zero-order chi connectivity index (χ0) is 13.8. The van der Waals surface area contributed by atoms with Gasteiger partial charge in [0.2, 0.25) is 0 Å². The van der Waals surface area contributed by atoms with E-state index in [9.17, 15) is 9.18 Å². The molecule has 0 spiro atoms. The Labute approximate surface area is 116 Å². The fourth-order valence-corrected chi connectivity index (χ4v) is 2.02. The van der Waals surface area contributed by atoms with E-state index in [1.54, 1.807) is 6.07 Å². The molecular weight excluding hydrogens is 319 g/mol. The first-order valence-electron chi connectivity index (χ1n) is 5.51. The molecule has 6 nitrogen and oxygen atoms in total. The molecule has 1 aromatic carbocycles. The maximum absolute atomic E-state index is 13.3. The molecule has 2 aromatic rings. The van der Waals surface area contributed by atoms with E-state index in [4.69, 9.17) is 5.11 Å². The third-order valence-corrected chi connectivity index (χ3v) is 3.15. The number of carboxylic acid groups (broad SMARTS) is 1. The van der Waals surface area contributed by atoms with E-state index in [0.29, 0.717) is 28.8 Å². The second kappa shape index (κ2) is 5.87. The molecule has 2 rings (SSSR count). The summed E-state index contributed by atoms with van der Waals surface area (Å²) in [4.78, 5) is 10.5. The largest absolute Gasteiger partial charge is 0.481 e. The highest BCUT2D eigenvalue weighted by Gasteiger charge is 2.13. The van der Waals surface area contributed by atoms with Gasteiger partial charge in [-0.3, -0.25) is 4.79 Å². The third kappa shape index (κ3) is 3.34. The number of halogens is 2. The fraction of sp³-hybridized carbons (Fsp3) is 0.273. The maximum Gasteiger partial charge on any atom is 0.303 e. The van der Waals surface area contributed by atoms with E-state index < -0.39 is 11.8 Å². The molecule has 0 aliphatic carbocycles. The van der Waals surface area contributed by atoms with E-state index in [1.165, 1.54) is 16.8 Å². The number of tetrazole rings is 1. The van der Waals surface area contributed by atoms with E-state index in [1.807, 2.05) is 0 Å². The Balaban J connectivity index is 2.23. The summed E-state index contributed by atoms with van der Waals surface area (Å²) in [5.74, 6) is -0.864. The summed E-state index contributed by atoms with van der Waals surface area (Å²) in [6, 6.07) is 4.22. The molecule has 0 atom stereocenters. The Morgan fingerprint density at radius 1 is 1.47 bits per heavy atom. The van der Waals surface area contributed by atoms with Crippen LogP contribution in [0.5, 0.6) is 0 Å². The average Bonchev–Trinajstić information content (AvgIpc) is 2.80. The second-order valence-corrected chi connectivity index (χ2v) is 4.70. The van der Waals surface area contributed by atoms with Gasteiger partial charge in [-0.05, 0) is 35.0 Å². The van der Waals surface area contributed by atoms with Crippen molar-refractivity contribution < 1.29 is 14.3 Å². The molecule has 100 valence electrons. The zero-order valence-corrected chi connectivity index (χ0v) is 11.3. The summed E-state index contributed by atoms with van der Waals surface area (Å²) in [6.45, 7) is 0.359. The number of aryl methyl sites for hydroxylation is 1. The minimum Gasteiger partial charge on any atom is -0.481 e. The first kappa shape index (κ1) is 13.6. The van der Waals surface area contributed by atoms with E-state index in [-0.39, 0.29) is 6.42 Å². The fourth-order valence-electron chi connectivity index (χ4n) is 1.60. The highest BCUT2D eigenvalue weighted by atomic mass is 79.9. The lowest BCUT2D eigenvalue weighted by Crippen LogP contribution is -2.06. The molecule has 0 amide bonds. The van der Waals surface area contributed by atoms with Crippen molar-refractivity contribution in [3.63, 3.8) is 0 Å². The van der Waals surface area contributed by atoms with Crippen molar-refractivity contribution in [3.05, 3.63) is 28.5 Å². The lowest BCUT2D eigenvalue weighted by Gasteiger charge is -2.05. The number of hydrogen-bond donors (Lipinski definition) is 1. The van der Waals surface area contributed by atoms with Crippen LogP contribution in [0.25, 0.3) is 11.4 Å². The van der Waals surface area contributed by atoms with Crippen molar-refractivity contribution in [2.24, 2.45) is 0 Å². The molecule has 19 heavy (non-hydrogen) atoms. The first-order chi connectivity index (χ1) is 9.08. The van der Waals surface area contributed by atoms with Crippen LogP contribution in [-0.4, -0.2) is 31.3 Å². The normalized spacial score (nSPS) is 10.6. The van der Waals surface area contributed by atoms with E-state index >= 15 is 0 Å². The average molecular weight is 329 g/mol. The quantitative estimate of drug-likeness (QED) is 0.909. The van der Waals surface area contributed by atoms with Crippen molar-refractivity contribution in [2.75, 3.05) is 0 Å². The molecule has 0 unspecified atom stereocenters. The number of aliphatic carboxylic acids is 1. The van der Waals surface area contributed by atoms with Crippen LogP contribution in [0.15, 0.2) is 22.7 Å². The van der Waals surface area contributed by atoms with Crippen LogP contribution in [0, 0.1) is 5.82 Å². The lowest BCUT2D eigenvalue weighted by atomic mass is 10.2. The number of hydrogen-bond acceptors (Lipinski definition) is 4. The Bertz CT molecular complexity index is 602. The number of carboxylic acids is 1. The topological polar surface area (TPSA) is 80.9 Å². The summed E-state index contributed by atoms with van der Waals surface area (Å²) < 4.78 is 15.4. The van der Waals surface area contributed by atoms with Crippen LogP contribution >= 0.6 is 15.9 Å². The minimum absolute atomic E-state index is 0.0314. The highest BCUT2D eigenvalue weighted by molar-refractivity contribution is 9.10. The van der Waals surface area contributed by atoms with Crippen molar-refractivity contribution >= 4 is 21.9 Å².